The Morgan fingerprint density at radius 1 is 0.511 bits per heavy atom. The lowest BCUT2D eigenvalue weighted by molar-refractivity contribution is -0.123. The summed E-state index contributed by atoms with van der Waals surface area (Å²) in [6.45, 7) is 4.33. The standard InChI is InChI=1S/C43H83NO3/c1-3-5-7-9-11-13-15-17-19-20-21-22-23-25-26-28-30-32-34-36-38-42(46)41(40-45)44-43(47)39-37-35-33-31-29-27-24-18-16-14-12-10-8-6-4-2/h12,14,16,18,41-42,45-46H,3-11,13,15,17,19-40H2,1-2H3,(H,44,47)/b14-12-,18-16-. The SMILES string of the molecule is CCCCC/C=C\C=C/CCCCCCCCC(=O)NC(CO)C(O)CCCCCCCCCCCCCCCCCCCCCC. The van der Waals surface area contributed by atoms with Gasteiger partial charge in [-0.2, -0.15) is 0 Å². The number of hydrogen-bond acceptors (Lipinski definition) is 3. The first-order valence-corrected chi connectivity index (χ1v) is 21.1. The average molecular weight is 662 g/mol. The van der Waals surface area contributed by atoms with Gasteiger partial charge < -0.3 is 15.5 Å². The molecular formula is C43H83NO3. The number of carbonyl (C=O) groups is 1. The number of allylic oxidation sites excluding steroid dienone is 4. The number of carbonyl (C=O) groups excluding carboxylic acids is 1. The molecule has 0 aliphatic rings. The molecule has 47 heavy (non-hydrogen) atoms. The number of amides is 1. The van der Waals surface area contributed by atoms with E-state index >= 15 is 0 Å². The fourth-order valence-electron chi connectivity index (χ4n) is 6.47. The second kappa shape index (κ2) is 39.3. The van der Waals surface area contributed by atoms with Crippen LogP contribution in [0.1, 0.15) is 226 Å². The first-order valence-electron chi connectivity index (χ1n) is 21.1. The molecule has 0 rings (SSSR count). The predicted octanol–water partition coefficient (Wildman–Crippen LogP) is 12.8. The minimum atomic E-state index is -0.662. The normalized spacial score (nSPS) is 13.2. The highest BCUT2D eigenvalue weighted by atomic mass is 16.3. The summed E-state index contributed by atoms with van der Waals surface area (Å²) < 4.78 is 0. The molecule has 0 saturated heterocycles. The van der Waals surface area contributed by atoms with Crippen LogP contribution in [0.2, 0.25) is 0 Å². The third-order valence-electron chi connectivity index (χ3n) is 9.74. The van der Waals surface area contributed by atoms with Crippen molar-refractivity contribution in [3.63, 3.8) is 0 Å². The van der Waals surface area contributed by atoms with E-state index in [4.69, 9.17) is 0 Å². The quantitative estimate of drug-likeness (QED) is 0.0455. The van der Waals surface area contributed by atoms with Crippen LogP contribution in [-0.2, 0) is 4.79 Å². The summed E-state index contributed by atoms with van der Waals surface area (Å²) in [5.74, 6) is -0.0421. The van der Waals surface area contributed by atoms with Gasteiger partial charge in [0.15, 0.2) is 0 Å². The topological polar surface area (TPSA) is 69.6 Å². The van der Waals surface area contributed by atoms with E-state index in [0.717, 1.165) is 32.1 Å². The molecule has 0 heterocycles. The zero-order valence-electron chi connectivity index (χ0n) is 31.8. The van der Waals surface area contributed by atoms with Gasteiger partial charge in [-0.1, -0.05) is 205 Å². The highest BCUT2D eigenvalue weighted by Crippen LogP contribution is 2.16. The highest BCUT2D eigenvalue weighted by Gasteiger charge is 2.19. The van der Waals surface area contributed by atoms with Gasteiger partial charge in [-0.15, -0.1) is 0 Å². The molecule has 0 aromatic carbocycles. The largest absolute Gasteiger partial charge is 0.394 e. The van der Waals surface area contributed by atoms with Crippen molar-refractivity contribution in [3.05, 3.63) is 24.3 Å². The second-order valence-electron chi connectivity index (χ2n) is 14.4. The Morgan fingerprint density at radius 3 is 1.28 bits per heavy atom. The van der Waals surface area contributed by atoms with E-state index in [9.17, 15) is 15.0 Å². The molecular weight excluding hydrogens is 578 g/mol. The molecule has 0 spiro atoms. The molecule has 4 nitrogen and oxygen atoms in total. The molecule has 0 radical (unpaired) electrons. The van der Waals surface area contributed by atoms with Crippen LogP contribution in [0.15, 0.2) is 24.3 Å². The van der Waals surface area contributed by atoms with Crippen LogP contribution in [-0.4, -0.2) is 34.9 Å². The van der Waals surface area contributed by atoms with Gasteiger partial charge in [0.25, 0.3) is 0 Å². The molecule has 3 N–H and O–H groups in total. The summed E-state index contributed by atoms with van der Waals surface area (Å²) in [5, 5.41) is 23.1. The molecule has 0 aromatic heterocycles. The van der Waals surface area contributed by atoms with Crippen molar-refractivity contribution < 1.29 is 15.0 Å². The Bertz CT molecular complexity index is 676. The number of hydrogen-bond donors (Lipinski definition) is 3. The van der Waals surface area contributed by atoms with E-state index in [0.29, 0.717) is 12.8 Å². The zero-order valence-corrected chi connectivity index (χ0v) is 31.8. The smallest absolute Gasteiger partial charge is 0.220 e. The number of aliphatic hydroxyl groups excluding tert-OH is 2. The van der Waals surface area contributed by atoms with Crippen LogP contribution in [0.5, 0.6) is 0 Å². The summed E-state index contributed by atoms with van der Waals surface area (Å²) in [4.78, 5) is 12.4. The van der Waals surface area contributed by atoms with E-state index in [-0.39, 0.29) is 12.5 Å². The van der Waals surface area contributed by atoms with Crippen molar-refractivity contribution in [2.24, 2.45) is 0 Å². The summed E-state index contributed by atoms with van der Waals surface area (Å²) in [6, 6.07) is -0.540. The number of nitrogens with one attached hydrogen (secondary N) is 1. The zero-order chi connectivity index (χ0) is 34.3. The molecule has 0 aromatic rings. The molecule has 4 heteroatoms. The Kier molecular flexibility index (Phi) is 38.4. The van der Waals surface area contributed by atoms with Gasteiger partial charge in [0, 0.05) is 6.42 Å². The van der Waals surface area contributed by atoms with Crippen LogP contribution < -0.4 is 5.32 Å². The van der Waals surface area contributed by atoms with E-state index in [2.05, 4.69) is 43.5 Å². The molecule has 2 atom stereocenters. The lowest BCUT2D eigenvalue weighted by Gasteiger charge is -2.22. The van der Waals surface area contributed by atoms with Crippen molar-refractivity contribution in [1.82, 2.24) is 5.32 Å². The Morgan fingerprint density at radius 2 is 0.851 bits per heavy atom. The highest BCUT2D eigenvalue weighted by molar-refractivity contribution is 5.76. The summed E-state index contributed by atoms with van der Waals surface area (Å²) >= 11 is 0. The molecule has 2 unspecified atom stereocenters. The number of aliphatic hydroxyl groups is 2. The summed E-state index contributed by atoms with van der Waals surface area (Å²) in [6.07, 6.45) is 49.6. The Hall–Kier alpha value is -1.13. The van der Waals surface area contributed by atoms with E-state index in [1.54, 1.807) is 0 Å². The average Bonchev–Trinajstić information content (AvgIpc) is 3.07. The van der Waals surface area contributed by atoms with Crippen molar-refractivity contribution in [3.8, 4) is 0 Å². The van der Waals surface area contributed by atoms with Crippen LogP contribution in [0.4, 0.5) is 0 Å². The van der Waals surface area contributed by atoms with Crippen molar-refractivity contribution in [2.75, 3.05) is 6.61 Å². The lowest BCUT2D eigenvalue weighted by Crippen LogP contribution is -2.45. The van der Waals surface area contributed by atoms with Gasteiger partial charge in [-0.05, 0) is 38.5 Å². The van der Waals surface area contributed by atoms with Gasteiger partial charge in [0.1, 0.15) is 0 Å². The molecule has 1 amide bonds. The molecule has 0 aliphatic heterocycles. The third-order valence-corrected chi connectivity index (χ3v) is 9.74. The predicted molar refractivity (Wildman–Crippen MR) is 207 cm³/mol. The van der Waals surface area contributed by atoms with Crippen molar-refractivity contribution >= 4 is 5.91 Å². The summed E-state index contributed by atoms with van der Waals surface area (Å²) in [7, 11) is 0. The van der Waals surface area contributed by atoms with Crippen LogP contribution in [0.3, 0.4) is 0 Å². The molecule has 0 aliphatic carbocycles. The minimum Gasteiger partial charge on any atom is -0.394 e. The van der Waals surface area contributed by atoms with Gasteiger partial charge in [-0.3, -0.25) is 4.79 Å². The van der Waals surface area contributed by atoms with Crippen LogP contribution in [0.25, 0.3) is 0 Å². The van der Waals surface area contributed by atoms with Gasteiger partial charge in [0.05, 0.1) is 18.8 Å². The van der Waals surface area contributed by atoms with E-state index in [1.807, 2.05) is 0 Å². The maximum atomic E-state index is 12.4. The maximum Gasteiger partial charge on any atom is 0.220 e. The molecule has 0 saturated carbocycles. The van der Waals surface area contributed by atoms with Crippen molar-refractivity contribution in [1.29, 1.82) is 0 Å². The van der Waals surface area contributed by atoms with E-state index < -0.39 is 12.1 Å². The van der Waals surface area contributed by atoms with Crippen LogP contribution >= 0.6 is 0 Å². The Balaban J connectivity index is 3.52. The first kappa shape index (κ1) is 45.9. The molecule has 278 valence electrons. The molecule has 0 fully saturated rings. The summed E-state index contributed by atoms with van der Waals surface area (Å²) in [5.41, 5.74) is 0. The second-order valence-corrected chi connectivity index (χ2v) is 14.4. The monoisotopic (exact) mass is 662 g/mol. The maximum absolute atomic E-state index is 12.4. The van der Waals surface area contributed by atoms with E-state index in [1.165, 1.54) is 167 Å². The lowest BCUT2D eigenvalue weighted by atomic mass is 10.0. The van der Waals surface area contributed by atoms with Gasteiger partial charge in [0.2, 0.25) is 5.91 Å². The fraction of sp³-hybridized carbons (Fsp3) is 0.884. The number of rotatable bonds is 38. The fourth-order valence-corrected chi connectivity index (χ4v) is 6.47. The van der Waals surface area contributed by atoms with Gasteiger partial charge >= 0.3 is 0 Å². The van der Waals surface area contributed by atoms with Crippen molar-refractivity contribution in [2.45, 2.75) is 238 Å². The Labute approximate surface area is 294 Å². The first-order chi connectivity index (χ1) is 23.2. The number of unbranched alkanes of at least 4 members (excludes halogenated alkanes) is 28. The third kappa shape index (κ3) is 36.0. The minimum absolute atomic E-state index is 0.0421. The molecule has 0 bridgehead atoms. The van der Waals surface area contributed by atoms with Gasteiger partial charge in [-0.25, -0.2) is 0 Å². The van der Waals surface area contributed by atoms with Crippen LogP contribution in [0, 0.1) is 0 Å².